The van der Waals surface area contributed by atoms with Crippen molar-refractivity contribution in [1.82, 2.24) is 16.0 Å². The number of amides is 4. The Morgan fingerprint density at radius 3 is 2.10 bits per heavy atom. The molecule has 16 heteroatoms. The maximum atomic E-state index is 13.5. The van der Waals surface area contributed by atoms with Gasteiger partial charge in [0.25, 0.3) is 0 Å². The lowest BCUT2D eigenvalue weighted by Crippen LogP contribution is -2.71. The average molecular weight is 731 g/mol. The van der Waals surface area contributed by atoms with Crippen LogP contribution >= 0.6 is 0 Å². The van der Waals surface area contributed by atoms with Gasteiger partial charge in [0.05, 0.1) is 6.61 Å². The molecule has 2 aliphatic rings. The van der Waals surface area contributed by atoms with Crippen molar-refractivity contribution in [2.45, 2.75) is 174 Å². The number of ether oxygens (including phenoxy) is 5. The first kappa shape index (κ1) is 43.5. The zero-order chi connectivity index (χ0) is 38.6. The molecule has 2 rings (SSSR count). The number of nitrogens with one attached hydrogen (secondary N) is 3. The molecule has 0 unspecified atom stereocenters. The fourth-order valence-electron chi connectivity index (χ4n) is 5.54. The molecule has 15 nitrogen and oxygen atoms in total. The highest BCUT2D eigenvalue weighted by Crippen LogP contribution is 2.46. The Hall–Kier alpha value is -2.63. The highest BCUT2D eigenvalue weighted by Gasteiger charge is 2.56. The summed E-state index contributed by atoms with van der Waals surface area (Å²) in [6.07, 6.45) is -4.62. The van der Waals surface area contributed by atoms with Gasteiger partial charge in [-0.25, -0.2) is 0 Å². The first-order chi connectivity index (χ1) is 22.7. The van der Waals surface area contributed by atoms with Crippen LogP contribution in [0, 0.1) is 5.92 Å². The molecular weight excluding hydrogens is 668 g/mol. The van der Waals surface area contributed by atoms with Gasteiger partial charge in [-0.05, 0) is 78.9 Å². The molecule has 2 heterocycles. The second-order valence-corrected chi connectivity index (χ2v) is 20.7. The summed E-state index contributed by atoms with van der Waals surface area (Å²) in [6.45, 7) is 25.9. The zero-order valence-electron chi connectivity index (χ0n) is 32.4. The second kappa shape index (κ2) is 16.8. The highest BCUT2D eigenvalue weighted by atomic mass is 28.4. The molecule has 0 bridgehead atoms. The topological polar surface area (TPSA) is 203 Å². The first-order valence-corrected chi connectivity index (χ1v) is 20.3. The standard InChI is InChI=1S/C34H62N4O11Si/c1-18(2)33(9,10)50(13,14)49-31-25(37-21(5)39)27(26-23(46-31)17-44-34(11,12)48-26)45-20(4)30(43)36-19(3)29(42)38-22(28(35)41)15-16-24(40)47-32(6,7)8/h18-20,22-23,25-27,31H,15-17H2,1-14H3,(H2,35,41)(H,36,43)(H,37,39)(H,38,42)/t19-,20+,22+,23+,25+,26+,27+,31-/m0/s1. The lowest BCUT2D eigenvalue weighted by molar-refractivity contribution is -0.367. The van der Waals surface area contributed by atoms with Crippen LogP contribution in [0.25, 0.3) is 0 Å². The number of primary amides is 1. The van der Waals surface area contributed by atoms with E-state index in [0.29, 0.717) is 5.92 Å². The Bertz CT molecular complexity index is 1240. The SMILES string of the molecule is CC(=O)N[C@H]1[C@H](O[Si](C)(C)C(C)(C)C(C)C)O[C@@H]2COC(C)(C)O[C@H]2[C@@H]1O[C@H](C)C(=O)N[C@@H](C)C(=O)N[C@H](CCC(=O)OC(C)(C)C)C(N)=O. The molecule has 8 atom stereocenters. The molecule has 2 fully saturated rings. The number of fused-ring (bicyclic) bond motifs is 1. The molecule has 0 aromatic rings. The number of esters is 1. The van der Waals surface area contributed by atoms with E-state index in [9.17, 15) is 24.0 Å². The van der Waals surface area contributed by atoms with Gasteiger partial charge in [0, 0.05) is 13.3 Å². The monoisotopic (exact) mass is 730 g/mol. The largest absolute Gasteiger partial charge is 0.460 e. The van der Waals surface area contributed by atoms with E-state index in [2.05, 4.69) is 56.7 Å². The van der Waals surface area contributed by atoms with Gasteiger partial charge in [-0.2, -0.15) is 0 Å². The van der Waals surface area contributed by atoms with Crippen molar-refractivity contribution in [3.05, 3.63) is 0 Å². The van der Waals surface area contributed by atoms with Gasteiger partial charge >= 0.3 is 5.97 Å². The first-order valence-electron chi connectivity index (χ1n) is 17.4. The quantitative estimate of drug-likeness (QED) is 0.142. The van der Waals surface area contributed by atoms with Crippen LogP contribution in [-0.2, 0) is 52.1 Å². The summed E-state index contributed by atoms with van der Waals surface area (Å²) in [5, 5.41) is 7.85. The van der Waals surface area contributed by atoms with Gasteiger partial charge in [0.15, 0.2) is 20.4 Å². The van der Waals surface area contributed by atoms with Gasteiger partial charge in [-0.3, -0.25) is 24.0 Å². The normalized spacial score (nSPS) is 25.8. The minimum atomic E-state index is -2.53. The molecule has 0 spiro atoms. The minimum Gasteiger partial charge on any atom is -0.460 e. The molecule has 5 N–H and O–H groups in total. The zero-order valence-corrected chi connectivity index (χ0v) is 33.4. The van der Waals surface area contributed by atoms with E-state index in [4.69, 9.17) is 33.8 Å². The number of nitrogens with two attached hydrogens (primary N) is 1. The van der Waals surface area contributed by atoms with Crippen LogP contribution in [0.2, 0.25) is 18.1 Å². The van der Waals surface area contributed by atoms with Crippen molar-refractivity contribution in [3.8, 4) is 0 Å². The Morgan fingerprint density at radius 1 is 0.980 bits per heavy atom. The van der Waals surface area contributed by atoms with Crippen LogP contribution in [0.3, 0.4) is 0 Å². The molecule has 0 saturated carbocycles. The maximum Gasteiger partial charge on any atom is 0.306 e. The van der Waals surface area contributed by atoms with Crippen LogP contribution in [0.5, 0.6) is 0 Å². The van der Waals surface area contributed by atoms with E-state index in [-0.39, 0.29) is 30.4 Å². The molecule has 0 aromatic carbocycles. The van der Waals surface area contributed by atoms with Gasteiger partial charge in [-0.15, -0.1) is 0 Å². The second-order valence-electron chi connectivity index (χ2n) is 16.1. The smallest absolute Gasteiger partial charge is 0.306 e. The predicted molar refractivity (Wildman–Crippen MR) is 187 cm³/mol. The van der Waals surface area contributed by atoms with Crippen LogP contribution in [0.4, 0.5) is 0 Å². The minimum absolute atomic E-state index is 0.0790. The average Bonchev–Trinajstić information content (AvgIpc) is 2.94. The summed E-state index contributed by atoms with van der Waals surface area (Å²) in [7, 11) is -2.53. The number of hydrogen-bond acceptors (Lipinski definition) is 11. The van der Waals surface area contributed by atoms with E-state index >= 15 is 0 Å². The van der Waals surface area contributed by atoms with Crippen LogP contribution in [0.15, 0.2) is 0 Å². The van der Waals surface area contributed by atoms with Crippen LogP contribution < -0.4 is 21.7 Å². The van der Waals surface area contributed by atoms with E-state index in [1.807, 2.05) is 0 Å². The van der Waals surface area contributed by atoms with Gasteiger partial charge in [0.1, 0.15) is 48.1 Å². The molecule has 2 saturated heterocycles. The van der Waals surface area contributed by atoms with Crippen molar-refractivity contribution < 1.29 is 52.1 Å². The maximum absolute atomic E-state index is 13.5. The summed E-state index contributed by atoms with van der Waals surface area (Å²) < 4.78 is 37.1. The molecule has 4 amide bonds. The van der Waals surface area contributed by atoms with Crippen molar-refractivity contribution in [2.75, 3.05) is 6.61 Å². The third-order valence-corrected chi connectivity index (χ3v) is 14.1. The van der Waals surface area contributed by atoms with Crippen LogP contribution in [-0.4, -0.2) is 105 Å². The third-order valence-electron chi connectivity index (χ3n) is 9.64. The van der Waals surface area contributed by atoms with Crippen LogP contribution in [0.1, 0.15) is 95.9 Å². The van der Waals surface area contributed by atoms with Gasteiger partial charge < -0.3 is 49.8 Å². The predicted octanol–water partition coefficient (Wildman–Crippen LogP) is 2.40. The Labute approximate surface area is 298 Å². The number of carbonyl (C=O) groups excluding carboxylic acids is 5. The Kier molecular flexibility index (Phi) is 14.6. The molecule has 288 valence electrons. The Morgan fingerprint density at radius 2 is 1.58 bits per heavy atom. The third kappa shape index (κ3) is 12.0. The van der Waals surface area contributed by atoms with Gasteiger partial charge in [0.2, 0.25) is 23.6 Å². The molecule has 50 heavy (non-hydrogen) atoms. The summed E-state index contributed by atoms with van der Waals surface area (Å²) in [5.41, 5.74) is 4.77. The van der Waals surface area contributed by atoms with Crippen molar-refractivity contribution in [2.24, 2.45) is 11.7 Å². The number of hydrogen-bond donors (Lipinski definition) is 4. The van der Waals surface area contributed by atoms with Crippen molar-refractivity contribution in [1.29, 1.82) is 0 Å². The molecule has 2 aliphatic heterocycles. The molecule has 0 aromatic heterocycles. The number of carbonyl (C=O) groups is 5. The summed E-state index contributed by atoms with van der Waals surface area (Å²) in [6, 6.07) is -3.14. The number of rotatable bonds is 15. The van der Waals surface area contributed by atoms with E-state index in [1.54, 1.807) is 34.6 Å². The highest BCUT2D eigenvalue weighted by molar-refractivity contribution is 6.74. The molecule has 0 aliphatic carbocycles. The fourth-order valence-corrected chi connectivity index (χ4v) is 8.02. The van der Waals surface area contributed by atoms with Gasteiger partial charge in [-0.1, -0.05) is 27.7 Å². The lowest BCUT2D eigenvalue weighted by Gasteiger charge is -2.53. The summed E-state index contributed by atoms with van der Waals surface area (Å²) in [4.78, 5) is 63.2. The van der Waals surface area contributed by atoms with Crippen molar-refractivity contribution >= 4 is 37.9 Å². The Balaban J connectivity index is 2.26. The lowest BCUT2D eigenvalue weighted by atomic mass is 9.94. The summed E-state index contributed by atoms with van der Waals surface area (Å²) >= 11 is 0. The molecule has 0 radical (unpaired) electrons. The fraction of sp³-hybridized carbons (Fsp3) is 0.853. The van der Waals surface area contributed by atoms with E-state index in [0.717, 1.165) is 0 Å². The summed E-state index contributed by atoms with van der Waals surface area (Å²) in [5.74, 6) is -3.78. The van der Waals surface area contributed by atoms with E-state index in [1.165, 1.54) is 20.8 Å². The van der Waals surface area contributed by atoms with E-state index < -0.39 is 92.2 Å². The van der Waals surface area contributed by atoms with Crippen molar-refractivity contribution in [3.63, 3.8) is 0 Å². The molecular formula is C34H62N4O11Si.